The van der Waals surface area contributed by atoms with Crippen LogP contribution in [0.5, 0.6) is 5.75 Å². The highest BCUT2D eigenvalue weighted by Crippen LogP contribution is 2.25. The number of hydrogen-bond acceptors (Lipinski definition) is 14. The van der Waals surface area contributed by atoms with Crippen LogP contribution in [-0.2, 0) is 50.1 Å². The Hall–Kier alpha value is -5.74. The number of amides is 8. The topological polar surface area (TPSA) is 302 Å². The number of phenols is 1. The fourth-order valence-corrected chi connectivity index (χ4v) is 7.34. The second-order valence-electron chi connectivity index (χ2n) is 13.5. The van der Waals surface area contributed by atoms with Gasteiger partial charge in [-0.25, -0.2) is 23.1 Å². The number of imide groups is 1. The van der Waals surface area contributed by atoms with E-state index in [0.29, 0.717) is 16.9 Å². The van der Waals surface area contributed by atoms with Crippen molar-refractivity contribution in [2.75, 3.05) is 12.3 Å². The van der Waals surface area contributed by atoms with Gasteiger partial charge < -0.3 is 41.6 Å². The Kier molecular flexibility index (Phi) is 14.6. The molecule has 3 heterocycles. The van der Waals surface area contributed by atoms with Crippen LogP contribution in [0.3, 0.4) is 0 Å². The fraction of sp³-hybridized carbons (Fsp3) is 0.457. The standard InChI is InChI=1S/C35H44N8O12S2/c1-5-17(3)27-28(46)32(50)41-23(13-19-7-10-21(44)11-8-19)33-38-20(15-56-33)9-12-26(45)39-24(16-57(53,54)55)29(47)36-14-25(43-34(51)18(4)37-35(43)52)31(49)40-22(6-2)30(48)42-27/h7-12,15,17-18,22-25,27,44H,5-6,13-14,16H2,1-4H3,(H,36,47)(H,37,52)(H,39,45)(H,40,49)(H,41,50)(H,42,48)(H,53,54,55)/p-1/b12-9+/t17-,18-,22-,23-,24-,25-,27-/m0/s1. The van der Waals surface area contributed by atoms with Gasteiger partial charge in [0, 0.05) is 18.0 Å². The van der Waals surface area contributed by atoms with E-state index in [1.54, 1.807) is 26.0 Å². The van der Waals surface area contributed by atoms with Crippen molar-refractivity contribution in [3.63, 3.8) is 0 Å². The maximum Gasteiger partial charge on any atom is 0.325 e. The molecule has 1 aromatic heterocycles. The molecule has 2 aliphatic heterocycles. The SMILES string of the molecule is CC[C@@H]1NC(=O)[C@@H](N2C(=O)N[C@@H](C)C2=O)CNC(=O)[C@H](CS(=O)(=O)[O-])NC(=O)/C=C/c2csc(n2)[C@H](Cc2ccc(O)cc2)NC(=O)C(=O)[C@H]([C@@H](C)CC)NC1=O. The third kappa shape index (κ3) is 11.6. The van der Waals surface area contributed by atoms with Crippen molar-refractivity contribution in [2.45, 2.75) is 83.2 Å². The van der Waals surface area contributed by atoms with E-state index in [1.165, 1.54) is 37.4 Å². The van der Waals surface area contributed by atoms with Gasteiger partial charge in [-0.05, 0) is 49.5 Å². The molecule has 1 saturated heterocycles. The number of rotatable bonds is 8. The fourth-order valence-electron chi connectivity index (χ4n) is 5.86. The number of hydrogen-bond donors (Lipinski definition) is 7. The molecular formula is C35H43N8O12S2-. The van der Waals surface area contributed by atoms with E-state index in [0.717, 1.165) is 17.4 Å². The summed E-state index contributed by atoms with van der Waals surface area (Å²) in [5.74, 6) is -9.30. The highest BCUT2D eigenvalue weighted by atomic mass is 32.2. The molecule has 7 N–H and O–H groups in total. The maximum absolute atomic E-state index is 13.8. The average molecular weight is 832 g/mol. The summed E-state index contributed by atoms with van der Waals surface area (Å²) >= 11 is 1.06. The van der Waals surface area contributed by atoms with Crippen LogP contribution in [0.2, 0.25) is 0 Å². The van der Waals surface area contributed by atoms with Crippen molar-refractivity contribution in [1.29, 1.82) is 0 Å². The third-order valence-electron chi connectivity index (χ3n) is 9.24. The highest BCUT2D eigenvalue weighted by Gasteiger charge is 2.44. The van der Waals surface area contributed by atoms with E-state index in [9.17, 15) is 56.4 Å². The molecule has 0 saturated carbocycles. The Labute approximate surface area is 331 Å². The summed E-state index contributed by atoms with van der Waals surface area (Å²) in [6.07, 6.45) is 2.42. The number of thiazole rings is 1. The van der Waals surface area contributed by atoms with Crippen LogP contribution < -0.4 is 31.9 Å². The first-order valence-electron chi connectivity index (χ1n) is 17.8. The minimum Gasteiger partial charge on any atom is -0.748 e. The van der Waals surface area contributed by atoms with Gasteiger partial charge in [0.2, 0.25) is 29.4 Å². The van der Waals surface area contributed by atoms with Gasteiger partial charge in [0.15, 0.2) is 0 Å². The molecule has 0 radical (unpaired) electrons. The van der Waals surface area contributed by atoms with Crippen LogP contribution >= 0.6 is 11.3 Å². The lowest BCUT2D eigenvalue weighted by molar-refractivity contribution is -0.142. The van der Waals surface area contributed by atoms with E-state index in [1.807, 2.05) is 0 Å². The number of ketones is 1. The highest BCUT2D eigenvalue weighted by molar-refractivity contribution is 7.85. The number of nitrogens with zero attached hydrogens (tertiary/aromatic N) is 2. The quantitative estimate of drug-likeness (QED) is 0.0929. The molecule has 0 unspecified atom stereocenters. The summed E-state index contributed by atoms with van der Waals surface area (Å²) in [7, 11) is -5.15. The van der Waals surface area contributed by atoms with Crippen LogP contribution in [0.15, 0.2) is 35.7 Å². The predicted octanol–water partition coefficient (Wildman–Crippen LogP) is -1.27. The molecule has 0 aliphatic carbocycles. The molecule has 1 aromatic carbocycles. The van der Waals surface area contributed by atoms with Crippen molar-refractivity contribution in [3.05, 3.63) is 52.0 Å². The Bertz CT molecular complexity index is 2040. The summed E-state index contributed by atoms with van der Waals surface area (Å²) in [6, 6.07) is -3.66. The molecule has 57 heavy (non-hydrogen) atoms. The zero-order chi connectivity index (χ0) is 42.2. The van der Waals surface area contributed by atoms with Crippen molar-refractivity contribution >= 4 is 74.8 Å². The molecular weight excluding hydrogens is 789 g/mol. The van der Waals surface area contributed by atoms with Gasteiger partial charge in [0.25, 0.3) is 11.8 Å². The molecule has 8 amide bonds. The maximum atomic E-state index is 13.8. The van der Waals surface area contributed by atoms with E-state index >= 15 is 0 Å². The number of urea groups is 1. The smallest absolute Gasteiger partial charge is 0.325 e. The minimum absolute atomic E-state index is 0.0121. The lowest BCUT2D eigenvalue weighted by atomic mass is 9.94. The van der Waals surface area contributed by atoms with Gasteiger partial charge >= 0.3 is 6.03 Å². The number of fused-ring (bicyclic) bond motifs is 2. The first kappa shape index (κ1) is 44.0. The first-order chi connectivity index (χ1) is 26.8. The zero-order valence-electron chi connectivity index (χ0n) is 31.3. The second kappa shape index (κ2) is 18.9. The lowest BCUT2D eigenvalue weighted by Gasteiger charge is -2.29. The summed E-state index contributed by atoms with van der Waals surface area (Å²) in [5.41, 5.74) is 0.804. The normalized spacial score (nSPS) is 25.8. The van der Waals surface area contributed by atoms with Crippen molar-refractivity contribution < 1.29 is 56.4 Å². The van der Waals surface area contributed by atoms with Crippen molar-refractivity contribution in [3.8, 4) is 5.75 Å². The number of phenolic OH excluding ortho intramolecular Hbond substituents is 1. The van der Waals surface area contributed by atoms with Crippen LogP contribution in [0.1, 0.15) is 62.8 Å². The molecule has 0 spiro atoms. The third-order valence-corrected chi connectivity index (χ3v) is 11.0. The lowest BCUT2D eigenvalue weighted by Crippen LogP contribution is -2.61. The second-order valence-corrected chi connectivity index (χ2v) is 15.8. The molecule has 7 atom stereocenters. The number of Topliss-reactive ketones (excluding diaryl/α,β-unsaturated/α-hetero) is 1. The zero-order valence-corrected chi connectivity index (χ0v) is 32.9. The summed E-state index contributed by atoms with van der Waals surface area (Å²) in [5, 5.41) is 25.9. The van der Waals surface area contributed by atoms with E-state index in [2.05, 4.69) is 36.9 Å². The molecule has 20 nitrogen and oxygen atoms in total. The molecule has 2 aromatic rings. The largest absolute Gasteiger partial charge is 0.748 e. The van der Waals surface area contributed by atoms with Crippen LogP contribution in [0.25, 0.3) is 6.08 Å². The van der Waals surface area contributed by atoms with Crippen LogP contribution in [0, 0.1) is 5.92 Å². The van der Waals surface area contributed by atoms with Gasteiger partial charge in [0.05, 0.1) is 33.6 Å². The predicted molar refractivity (Wildman–Crippen MR) is 201 cm³/mol. The van der Waals surface area contributed by atoms with Gasteiger partial charge in [-0.2, -0.15) is 0 Å². The molecule has 22 heteroatoms. The van der Waals surface area contributed by atoms with Gasteiger partial charge in [-0.1, -0.05) is 39.3 Å². The van der Waals surface area contributed by atoms with Gasteiger partial charge in [0.1, 0.15) is 34.9 Å². The molecule has 2 aliphatic rings. The number of aromatic hydroxyl groups is 1. The Morgan fingerprint density at radius 2 is 1.58 bits per heavy atom. The minimum atomic E-state index is -5.15. The van der Waals surface area contributed by atoms with Gasteiger partial charge in [-0.3, -0.25) is 33.6 Å². The van der Waals surface area contributed by atoms with E-state index in [-0.39, 0.29) is 29.3 Å². The Balaban J connectivity index is 1.77. The number of aromatic nitrogens is 1. The molecule has 4 rings (SSSR count). The summed E-state index contributed by atoms with van der Waals surface area (Å²) < 4.78 is 35.2. The van der Waals surface area contributed by atoms with Crippen molar-refractivity contribution in [2.24, 2.45) is 5.92 Å². The summed E-state index contributed by atoms with van der Waals surface area (Å²) in [6.45, 7) is 5.35. The monoisotopic (exact) mass is 831 g/mol. The number of nitrogens with one attached hydrogen (secondary N) is 6. The average Bonchev–Trinajstić information content (AvgIpc) is 3.73. The molecule has 308 valence electrons. The first-order valence-corrected chi connectivity index (χ1v) is 20.3. The molecule has 1 fully saturated rings. The number of carbonyl (C=O) groups is 8. The van der Waals surface area contributed by atoms with E-state index < -0.39 is 112 Å². The van der Waals surface area contributed by atoms with Gasteiger partial charge in [-0.15, -0.1) is 11.3 Å². The Morgan fingerprint density at radius 1 is 0.895 bits per heavy atom. The molecule has 2 bridgehead atoms. The van der Waals surface area contributed by atoms with Crippen LogP contribution in [-0.4, -0.2) is 118 Å². The Morgan fingerprint density at radius 3 is 2.18 bits per heavy atom. The number of carbonyl (C=O) groups excluding carboxylic acids is 8. The van der Waals surface area contributed by atoms with Crippen LogP contribution in [0.4, 0.5) is 4.79 Å². The summed E-state index contributed by atoms with van der Waals surface area (Å²) in [4.78, 5) is 112. The number of benzene rings is 1. The van der Waals surface area contributed by atoms with E-state index in [4.69, 9.17) is 0 Å². The van der Waals surface area contributed by atoms with Crippen molar-refractivity contribution in [1.82, 2.24) is 41.8 Å².